The van der Waals surface area contributed by atoms with Crippen LogP contribution in [0.3, 0.4) is 0 Å². The van der Waals surface area contributed by atoms with E-state index in [2.05, 4.69) is 0 Å². The first-order valence-electron chi connectivity index (χ1n) is 17.0. The number of allylic oxidation sites excluding steroid dienone is 4. The molecule has 48 heavy (non-hydrogen) atoms. The number of Topliss-reactive ketones (excluding diaryl/α,β-unsaturated/α-hetero) is 3. The fraction of sp³-hybridized carbons (Fsp3) is 0.806. The van der Waals surface area contributed by atoms with Gasteiger partial charge in [-0.2, -0.15) is 0 Å². The Balaban J connectivity index is 1.53. The summed E-state index contributed by atoms with van der Waals surface area (Å²) >= 11 is 0. The second-order valence-corrected chi connectivity index (χ2v) is 17.1. The van der Waals surface area contributed by atoms with Crippen LogP contribution in [0, 0.1) is 39.4 Å². The molecule has 4 aliphatic carbocycles. The summed E-state index contributed by atoms with van der Waals surface area (Å²) in [6.45, 7) is 13.1. The molecule has 1 heterocycles. The van der Waals surface area contributed by atoms with E-state index >= 15 is 0 Å². The summed E-state index contributed by atoms with van der Waals surface area (Å²) in [5, 5.41) is 74.5. The maximum atomic E-state index is 14.7. The number of fused-ring (bicyclic) bond motifs is 5. The second-order valence-electron chi connectivity index (χ2n) is 17.1. The monoisotopic (exact) mass is 678 g/mol. The van der Waals surface area contributed by atoms with E-state index in [4.69, 9.17) is 9.47 Å². The molecule has 270 valence electrons. The van der Waals surface area contributed by atoms with Gasteiger partial charge in [0.2, 0.25) is 12.1 Å². The van der Waals surface area contributed by atoms with Crippen LogP contribution in [0.15, 0.2) is 23.5 Å². The van der Waals surface area contributed by atoms with E-state index in [-0.39, 0.29) is 43.1 Å². The standard InChI is InChI=1S/C36H54O12/c1-31(2,45)12-11-23(39)36(8,46)28-19(38)14-33(5)22-10-9-17-18(35(22,7)24(40)15-34(28,33)6)13-20(29(44)32(17,3)4)47-30-27(43)26(42)25(41)21(16-37)48-30/h9,13,18-19,21-22,25-28,30,37-38,41-43,45-46H,10-12,14-16H2,1-8H3/t18-,19+,21-,22-,25+,26-,27-,28-,30+,33-,34+,35-,36-/m0/s1. The zero-order valence-electron chi connectivity index (χ0n) is 29.3. The van der Waals surface area contributed by atoms with Crippen LogP contribution in [-0.2, 0) is 23.9 Å². The molecule has 12 nitrogen and oxygen atoms in total. The van der Waals surface area contributed by atoms with Crippen LogP contribution < -0.4 is 0 Å². The second kappa shape index (κ2) is 11.8. The van der Waals surface area contributed by atoms with Crippen molar-refractivity contribution in [3.05, 3.63) is 23.5 Å². The van der Waals surface area contributed by atoms with Gasteiger partial charge >= 0.3 is 0 Å². The highest BCUT2D eigenvalue weighted by molar-refractivity contribution is 6.02. The van der Waals surface area contributed by atoms with Gasteiger partial charge < -0.3 is 45.2 Å². The lowest BCUT2D eigenvalue weighted by molar-refractivity contribution is -0.291. The molecule has 0 amide bonds. The van der Waals surface area contributed by atoms with Gasteiger partial charge in [0, 0.05) is 30.1 Å². The molecule has 0 bridgehead atoms. The summed E-state index contributed by atoms with van der Waals surface area (Å²) < 4.78 is 11.5. The number of carbonyl (C=O) groups is 3. The van der Waals surface area contributed by atoms with Crippen molar-refractivity contribution in [2.24, 2.45) is 39.4 Å². The molecule has 0 aromatic carbocycles. The SMILES string of the molecule is CC(C)(O)CCC(=O)[C@](C)(O)[C@H]1[C@H](O)C[C@@]2(C)[C@@H]3CC=C4[C@H](C=C(O[C@@H]5O[C@@H](CO)[C@@H](O)[C@H](O)[C@@H]5O)C(=O)C4(C)C)[C@]3(C)C(=O)C[C@]12C. The predicted octanol–water partition coefficient (Wildman–Crippen LogP) is 1.10. The van der Waals surface area contributed by atoms with Crippen LogP contribution in [0.5, 0.6) is 0 Å². The van der Waals surface area contributed by atoms with Gasteiger partial charge in [0.1, 0.15) is 35.8 Å². The molecule has 0 radical (unpaired) electrons. The summed E-state index contributed by atoms with van der Waals surface area (Å²) in [5.74, 6) is -3.21. The highest BCUT2D eigenvalue weighted by atomic mass is 16.7. The van der Waals surface area contributed by atoms with E-state index < -0.39 is 99.7 Å². The van der Waals surface area contributed by atoms with E-state index in [1.807, 2.05) is 26.8 Å². The Morgan fingerprint density at radius 3 is 2.19 bits per heavy atom. The molecule has 3 fully saturated rings. The van der Waals surface area contributed by atoms with Gasteiger partial charge in [0.05, 0.1) is 23.7 Å². The van der Waals surface area contributed by atoms with Gasteiger partial charge in [-0.25, -0.2) is 0 Å². The van der Waals surface area contributed by atoms with Gasteiger partial charge in [-0.3, -0.25) is 14.4 Å². The summed E-state index contributed by atoms with van der Waals surface area (Å²) in [6, 6.07) is 0. The molecule has 7 N–H and O–H groups in total. The summed E-state index contributed by atoms with van der Waals surface area (Å²) in [5.41, 5.74) is -6.30. The minimum Gasteiger partial charge on any atom is -0.459 e. The summed E-state index contributed by atoms with van der Waals surface area (Å²) in [7, 11) is 0. The van der Waals surface area contributed by atoms with Crippen molar-refractivity contribution < 1.29 is 59.6 Å². The van der Waals surface area contributed by atoms with Crippen LogP contribution in [0.25, 0.3) is 0 Å². The Morgan fingerprint density at radius 1 is 0.979 bits per heavy atom. The Kier molecular flexibility index (Phi) is 9.12. The Morgan fingerprint density at radius 2 is 1.60 bits per heavy atom. The Bertz CT molecular complexity index is 1410. The smallest absolute Gasteiger partial charge is 0.229 e. The molecule has 1 saturated heterocycles. The molecular formula is C36H54O12. The molecule has 5 aliphatic rings. The highest BCUT2D eigenvalue weighted by Gasteiger charge is 2.74. The van der Waals surface area contributed by atoms with Crippen molar-refractivity contribution in [1.29, 1.82) is 0 Å². The number of aliphatic hydroxyl groups is 7. The van der Waals surface area contributed by atoms with Crippen LogP contribution in [-0.4, -0.2) is 108 Å². The molecule has 1 aliphatic heterocycles. The predicted molar refractivity (Wildman–Crippen MR) is 171 cm³/mol. The molecule has 0 unspecified atom stereocenters. The lowest BCUT2D eigenvalue weighted by Crippen LogP contribution is -2.64. The molecular weight excluding hydrogens is 624 g/mol. The average Bonchev–Trinajstić information content (AvgIpc) is 3.19. The topological polar surface area (TPSA) is 211 Å². The van der Waals surface area contributed by atoms with E-state index in [0.717, 1.165) is 5.57 Å². The van der Waals surface area contributed by atoms with Crippen molar-refractivity contribution in [3.63, 3.8) is 0 Å². The highest BCUT2D eigenvalue weighted by Crippen LogP contribution is 2.74. The lowest BCUT2D eigenvalue weighted by atomic mass is 9.39. The zero-order valence-corrected chi connectivity index (χ0v) is 29.3. The Labute approximate surface area is 281 Å². The first-order chi connectivity index (χ1) is 21.9. The number of carbonyl (C=O) groups excluding carboxylic acids is 3. The van der Waals surface area contributed by atoms with Crippen molar-refractivity contribution in [3.8, 4) is 0 Å². The normalized spacial score (nSPS) is 45.3. The fourth-order valence-corrected chi connectivity index (χ4v) is 10.2. The molecule has 0 spiro atoms. The van der Waals surface area contributed by atoms with Gasteiger partial charge in [-0.15, -0.1) is 0 Å². The number of ether oxygens (including phenoxy) is 2. The largest absolute Gasteiger partial charge is 0.459 e. The van der Waals surface area contributed by atoms with Crippen LogP contribution >= 0.6 is 0 Å². The van der Waals surface area contributed by atoms with E-state index in [9.17, 15) is 50.1 Å². The van der Waals surface area contributed by atoms with Crippen LogP contribution in [0.2, 0.25) is 0 Å². The number of hydrogen-bond acceptors (Lipinski definition) is 12. The maximum Gasteiger partial charge on any atom is 0.229 e. The molecule has 5 rings (SSSR count). The minimum atomic E-state index is -1.97. The van der Waals surface area contributed by atoms with E-state index in [1.54, 1.807) is 33.8 Å². The number of hydrogen-bond donors (Lipinski definition) is 7. The van der Waals surface area contributed by atoms with Gasteiger partial charge in [0.15, 0.2) is 11.5 Å². The summed E-state index contributed by atoms with van der Waals surface area (Å²) in [6.07, 6.45) is -4.80. The Hall–Kier alpha value is -2.03. The molecule has 0 aromatic rings. The average molecular weight is 679 g/mol. The lowest BCUT2D eigenvalue weighted by Gasteiger charge is -2.63. The molecule has 2 saturated carbocycles. The molecule has 12 heteroatoms. The van der Waals surface area contributed by atoms with Crippen LogP contribution in [0.1, 0.15) is 87.5 Å². The third kappa shape index (κ3) is 5.28. The van der Waals surface area contributed by atoms with Gasteiger partial charge in [0.25, 0.3) is 0 Å². The van der Waals surface area contributed by atoms with Crippen molar-refractivity contribution in [2.45, 2.75) is 136 Å². The molecule has 13 atom stereocenters. The van der Waals surface area contributed by atoms with Gasteiger partial charge in [-0.1, -0.05) is 32.4 Å². The number of ketones is 3. The fourth-order valence-electron chi connectivity index (χ4n) is 10.2. The quantitative estimate of drug-likeness (QED) is 0.180. The third-order valence-corrected chi connectivity index (χ3v) is 13.2. The van der Waals surface area contributed by atoms with E-state index in [0.29, 0.717) is 6.42 Å². The van der Waals surface area contributed by atoms with Crippen molar-refractivity contribution >= 4 is 17.3 Å². The van der Waals surface area contributed by atoms with E-state index in [1.165, 1.54) is 6.92 Å². The van der Waals surface area contributed by atoms with Crippen molar-refractivity contribution in [2.75, 3.05) is 6.61 Å². The third-order valence-electron chi connectivity index (χ3n) is 13.2. The first-order valence-corrected chi connectivity index (χ1v) is 17.0. The number of aliphatic hydroxyl groups excluding tert-OH is 5. The van der Waals surface area contributed by atoms with Crippen LogP contribution in [0.4, 0.5) is 0 Å². The zero-order chi connectivity index (χ0) is 36.2. The summed E-state index contributed by atoms with van der Waals surface area (Å²) in [4.78, 5) is 42.0. The minimum absolute atomic E-state index is 0.0396. The number of rotatable bonds is 8. The van der Waals surface area contributed by atoms with Crippen molar-refractivity contribution in [1.82, 2.24) is 0 Å². The van der Waals surface area contributed by atoms with Gasteiger partial charge in [-0.05, 0) is 76.7 Å². The maximum absolute atomic E-state index is 14.7. The first kappa shape index (κ1) is 37.2. The molecule has 0 aromatic heterocycles.